The summed E-state index contributed by atoms with van der Waals surface area (Å²) in [6.07, 6.45) is -5.12. The van der Waals surface area contributed by atoms with Crippen molar-refractivity contribution >= 4 is 5.69 Å². The number of nitro groups is 1. The fourth-order valence-corrected chi connectivity index (χ4v) is 1.12. The Kier molecular flexibility index (Phi) is 3.89. The Bertz CT molecular complexity index is 463. The normalized spacial score (nSPS) is 11.2. The van der Waals surface area contributed by atoms with Crippen LogP contribution >= 0.6 is 0 Å². The molecule has 0 atom stereocenters. The summed E-state index contributed by atoms with van der Waals surface area (Å²) in [7, 11) is 0.905. The van der Waals surface area contributed by atoms with E-state index < -0.39 is 41.0 Å². The van der Waals surface area contributed by atoms with E-state index in [-0.39, 0.29) is 0 Å². The van der Waals surface area contributed by atoms with Gasteiger partial charge in [0.1, 0.15) is 6.67 Å². The molecule has 1 aromatic heterocycles. The zero-order chi connectivity index (χ0) is 13.9. The number of hydrogen-bond acceptors (Lipinski definition) is 5. The third kappa shape index (κ3) is 3.18. The molecule has 0 N–H and O–H groups in total. The summed E-state index contributed by atoms with van der Waals surface area (Å²) in [5, 5.41) is 10.6. The first-order chi connectivity index (χ1) is 8.28. The van der Waals surface area contributed by atoms with Crippen molar-refractivity contribution in [2.24, 2.45) is 0 Å². The summed E-state index contributed by atoms with van der Waals surface area (Å²) >= 11 is 0. The van der Waals surface area contributed by atoms with E-state index in [0.29, 0.717) is 6.07 Å². The minimum absolute atomic E-state index is 0.568. The second kappa shape index (κ2) is 5.02. The lowest BCUT2D eigenvalue weighted by atomic mass is 10.3. The highest BCUT2D eigenvalue weighted by atomic mass is 19.4. The van der Waals surface area contributed by atoms with Gasteiger partial charge in [0, 0.05) is 6.07 Å². The van der Waals surface area contributed by atoms with Gasteiger partial charge in [-0.1, -0.05) is 0 Å². The van der Waals surface area contributed by atoms with Crippen LogP contribution < -0.4 is 9.47 Å². The third-order valence-corrected chi connectivity index (χ3v) is 1.73. The molecule has 0 radical (unpaired) electrons. The first-order valence-electron chi connectivity index (χ1n) is 4.32. The van der Waals surface area contributed by atoms with Crippen LogP contribution in [-0.4, -0.2) is 23.4 Å². The standard InChI is InChI=1S/C8H6F4N2O4/c1-17-6-5(14(15)16)2-4(3-9)13-7(6)18-8(10,11)12/h2H,3H2,1H3. The number of hydrogen-bond donors (Lipinski definition) is 0. The van der Waals surface area contributed by atoms with Gasteiger partial charge in [0.15, 0.2) is 0 Å². The molecule has 0 aromatic carbocycles. The van der Waals surface area contributed by atoms with Crippen molar-refractivity contribution in [1.82, 2.24) is 4.98 Å². The minimum Gasteiger partial charge on any atom is -0.486 e. The topological polar surface area (TPSA) is 74.5 Å². The summed E-state index contributed by atoms with van der Waals surface area (Å²) in [6.45, 7) is -1.28. The summed E-state index contributed by atoms with van der Waals surface area (Å²) < 4.78 is 56.4. The molecule has 18 heavy (non-hydrogen) atoms. The maximum atomic E-state index is 12.4. The molecule has 0 aliphatic carbocycles. The molecule has 0 aliphatic rings. The van der Waals surface area contributed by atoms with E-state index in [1.807, 2.05) is 0 Å². The molecule has 100 valence electrons. The first kappa shape index (κ1) is 13.9. The Balaban J connectivity index is 3.37. The van der Waals surface area contributed by atoms with Gasteiger partial charge in [0.2, 0.25) is 0 Å². The Morgan fingerprint density at radius 3 is 2.50 bits per heavy atom. The molecule has 0 aliphatic heterocycles. The zero-order valence-electron chi connectivity index (χ0n) is 8.82. The van der Waals surface area contributed by atoms with Crippen molar-refractivity contribution in [2.45, 2.75) is 13.0 Å². The van der Waals surface area contributed by atoms with E-state index in [1.165, 1.54) is 0 Å². The molecular formula is C8H6F4N2O4. The number of nitrogens with zero attached hydrogens (tertiary/aromatic N) is 2. The Labute approximate surface area is 97.3 Å². The quantitative estimate of drug-likeness (QED) is 0.477. The number of methoxy groups -OCH3 is 1. The second-order valence-corrected chi connectivity index (χ2v) is 2.91. The largest absolute Gasteiger partial charge is 0.574 e. The summed E-state index contributed by atoms with van der Waals surface area (Å²) in [6, 6.07) is 0.669. The number of ether oxygens (including phenoxy) is 2. The highest BCUT2D eigenvalue weighted by Crippen LogP contribution is 2.38. The number of halogens is 4. The van der Waals surface area contributed by atoms with E-state index in [9.17, 15) is 27.7 Å². The summed E-state index contributed by atoms with van der Waals surface area (Å²) in [4.78, 5) is 12.7. The lowest BCUT2D eigenvalue weighted by molar-refractivity contribution is -0.386. The average Bonchev–Trinajstić information content (AvgIpc) is 2.25. The van der Waals surface area contributed by atoms with Gasteiger partial charge in [-0.15, -0.1) is 13.2 Å². The van der Waals surface area contributed by atoms with Gasteiger partial charge in [-0.3, -0.25) is 10.1 Å². The van der Waals surface area contributed by atoms with Crippen molar-refractivity contribution in [2.75, 3.05) is 7.11 Å². The van der Waals surface area contributed by atoms with E-state index in [0.717, 1.165) is 7.11 Å². The number of pyridine rings is 1. The van der Waals surface area contributed by atoms with Gasteiger partial charge in [-0.25, -0.2) is 9.37 Å². The molecule has 0 spiro atoms. The van der Waals surface area contributed by atoms with Crippen LogP contribution in [0.5, 0.6) is 11.6 Å². The molecule has 0 bridgehead atoms. The van der Waals surface area contributed by atoms with Gasteiger partial charge in [0.05, 0.1) is 17.7 Å². The third-order valence-electron chi connectivity index (χ3n) is 1.73. The van der Waals surface area contributed by atoms with Gasteiger partial charge in [-0.2, -0.15) is 0 Å². The molecule has 0 saturated heterocycles. The Morgan fingerprint density at radius 2 is 2.11 bits per heavy atom. The van der Waals surface area contributed by atoms with Crippen molar-refractivity contribution < 1.29 is 32.0 Å². The number of aromatic nitrogens is 1. The van der Waals surface area contributed by atoms with Gasteiger partial charge < -0.3 is 9.47 Å². The van der Waals surface area contributed by atoms with E-state index in [1.54, 1.807) is 0 Å². The van der Waals surface area contributed by atoms with Crippen molar-refractivity contribution in [3.8, 4) is 11.6 Å². The molecule has 0 saturated carbocycles. The van der Waals surface area contributed by atoms with Crippen LogP contribution in [0.2, 0.25) is 0 Å². The number of rotatable bonds is 4. The van der Waals surface area contributed by atoms with Crippen LogP contribution in [0.4, 0.5) is 23.2 Å². The highest BCUT2D eigenvalue weighted by Gasteiger charge is 2.36. The van der Waals surface area contributed by atoms with E-state index >= 15 is 0 Å². The van der Waals surface area contributed by atoms with Gasteiger partial charge >= 0.3 is 12.0 Å². The first-order valence-corrected chi connectivity index (χ1v) is 4.32. The predicted octanol–water partition coefficient (Wildman–Crippen LogP) is 2.37. The summed E-state index contributed by atoms with van der Waals surface area (Å²) in [5.41, 5.74) is -1.43. The van der Waals surface area contributed by atoms with Gasteiger partial charge in [-0.05, 0) is 0 Å². The Hall–Kier alpha value is -2.13. The minimum atomic E-state index is -5.12. The maximum Gasteiger partial charge on any atom is 0.574 e. The molecule has 0 amide bonds. The summed E-state index contributed by atoms with van der Waals surface area (Å²) in [5.74, 6) is -2.03. The molecule has 1 heterocycles. The molecule has 6 nitrogen and oxygen atoms in total. The van der Waals surface area contributed by atoms with Crippen molar-refractivity contribution in [3.05, 3.63) is 21.9 Å². The van der Waals surface area contributed by atoms with Crippen LogP contribution in [0.25, 0.3) is 0 Å². The van der Waals surface area contributed by atoms with Crippen LogP contribution in [0, 0.1) is 10.1 Å². The van der Waals surface area contributed by atoms with Crippen LogP contribution in [0.1, 0.15) is 5.69 Å². The monoisotopic (exact) mass is 270 g/mol. The molecule has 1 rings (SSSR count). The van der Waals surface area contributed by atoms with Crippen LogP contribution in [-0.2, 0) is 6.67 Å². The highest BCUT2D eigenvalue weighted by molar-refractivity contribution is 5.53. The molecule has 10 heteroatoms. The lowest BCUT2D eigenvalue weighted by Crippen LogP contribution is -2.19. The molecule has 0 unspecified atom stereocenters. The SMILES string of the molecule is COc1c([N+](=O)[O-])cc(CF)nc1OC(F)(F)F. The smallest absolute Gasteiger partial charge is 0.486 e. The van der Waals surface area contributed by atoms with Crippen LogP contribution in [0.3, 0.4) is 0 Å². The van der Waals surface area contributed by atoms with Crippen molar-refractivity contribution in [3.63, 3.8) is 0 Å². The second-order valence-electron chi connectivity index (χ2n) is 2.91. The van der Waals surface area contributed by atoms with E-state index in [4.69, 9.17) is 0 Å². The Morgan fingerprint density at radius 1 is 1.50 bits per heavy atom. The van der Waals surface area contributed by atoms with Crippen molar-refractivity contribution in [1.29, 1.82) is 0 Å². The van der Waals surface area contributed by atoms with Crippen LogP contribution in [0.15, 0.2) is 6.07 Å². The maximum absolute atomic E-state index is 12.4. The van der Waals surface area contributed by atoms with Gasteiger partial charge in [0.25, 0.3) is 11.6 Å². The molecule has 1 aromatic rings. The molecular weight excluding hydrogens is 264 g/mol. The fourth-order valence-electron chi connectivity index (χ4n) is 1.12. The average molecular weight is 270 g/mol. The zero-order valence-corrected chi connectivity index (χ0v) is 8.82. The van der Waals surface area contributed by atoms with E-state index in [2.05, 4.69) is 14.5 Å². The number of alkyl halides is 4. The predicted molar refractivity (Wildman–Crippen MR) is 48.9 cm³/mol. The molecule has 0 fully saturated rings. The fraction of sp³-hybridized carbons (Fsp3) is 0.375. The lowest BCUT2D eigenvalue weighted by Gasteiger charge is -2.12.